The number of rotatable bonds is 55. The first kappa shape index (κ1) is 64.9. The Morgan fingerprint density at radius 1 is 0.299 bits per heavy atom. The molecule has 0 aromatic rings. The Kier molecular flexibility index (Phi) is 54.7. The molecule has 0 radical (unpaired) electrons. The van der Waals surface area contributed by atoms with Crippen LogP contribution < -0.4 is 0 Å². The van der Waals surface area contributed by atoms with Gasteiger partial charge in [-0.1, -0.05) is 283 Å². The SMILES string of the molecule is CCCCCC/C=C\C/C=C\CCCCCCCCCC(=O)OC(COC(=O)CCCCCCCCCCCC)COC(=O)CCCCCCCCCCCCCCCCCCCCCCC. The van der Waals surface area contributed by atoms with E-state index >= 15 is 0 Å². The van der Waals surface area contributed by atoms with E-state index in [1.807, 2.05) is 0 Å². The molecule has 0 saturated carbocycles. The van der Waals surface area contributed by atoms with Crippen molar-refractivity contribution in [2.75, 3.05) is 13.2 Å². The van der Waals surface area contributed by atoms with E-state index in [0.29, 0.717) is 19.3 Å². The number of hydrogen-bond acceptors (Lipinski definition) is 6. The third kappa shape index (κ3) is 54.7. The molecule has 0 aliphatic heterocycles. The monoisotopic (exact) mass is 943 g/mol. The lowest BCUT2D eigenvalue weighted by atomic mass is 10.0. The Bertz CT molecular complexity index is 1080. The summed E-state index contributed by atoms with van der Waals surface area (Å²) >= 11 is 0. The largest absolute Gasteiger partial charge is 0.462 e. The van der Waals surface area contributed by atoms with Gasteiger partial charge in [0.1, 0.15) is 13.2 Å². The van der Waals surface area contributed by atoms with Gasteiger partial charge in [-0.15, -0.1) is 0 Å². The molecule has 6 heteroatoms. The number of allylic oxidation sites excluding steroid dienone is 4. The molecule has 0 aromatic carbocycles. The van der Waals surface area contributed by atoms with Gasteiger partial charge >= 0.3 is 17.9 Å². The molecule has 0 aliphatic rings. The first-order valence-corrected chi connectivity index (χ1v) is 29.8. The average molecular weight is 944 g/mol. The normalized spacial score (nSPS) is 12.1. The van der Waals surface area contributed by atoms with Gasteiger partial charge in [-0.05, 0) is 51.4 Å². The predicted octanol–water partition coefficient (Wildman–Crippen LogP) is 19.9. The minimum atomic E-state index is -0.770. The minimum absolute atomic E-state index is 0.0691. The van der Waals surface area contributed by atoms with Crippen molar-refractivity contribution in [1.29, 1.82) is 0 Å². The van der Waals surface area contributed by atoms with Crippen LogP contribution in [0, 0.1) is 0 Å². The van der Waals surface area contributed by atoms with Gasteiger partial charge in [0.2, 0.25) is 0 Å². The standard InChI is InChI=1S/C61H114O6/c1-4-7-10-13-16-19-22-24-26-28-30-31-32-34-35-37-39-42-45-48-51-54-60(63)66-57-58(56-65-59(62)53-50-47-44-41-21-18-15-12-9-6-3)67-61(64)55-52-49-46-43-40-38-36-33-29-27-25-23-20-17-14-11-8-5-2/h20,23,27,29,58H,4-19,21-22,24-26,28,30-57H2,1-3H3/b23-20-,29-27-. The van der Waals surface area contributed by atoms with E-state index in [9.17, 15) is 14.4 Å². The highest BCUT2D eigenvalue weighted by Gasteiger charge is 2.19. The molecule has 0 amide bonds. The van der Waals surface area contributed by atoms with Gasteiger partial charge in [-0.3, -0.25) is 14.4 Å². The highest BCUT2D eigenvalue weighted by atomic mass is 16.6. The molecule has 0 bridgehead atoms. The zero-order valence-corrected chi connectivity index (χ0v) is 45.2. The van der Waals surface area contributed by atoms with E-state index in [0.717, 1.165) is 70.6 Å². The van der Waals surface area contributed by atoms with E-state index in [-0.39, 0.29) is 31.1 Å². The van der Waals surface area contributed by atoms with Crippen molar-refractivity contribution >= 4 is 17.9 Å². The first-order chi connectivity index (χ1) is 33.0. The topological polar surface area (TPSA) is 78.9 Å². The van der Waals surface area contributed by atoms with E-state index in [1.54, 1.807) is 0 Å². The summed E-state index contributed by atoms with van der Waals surface area (Å²) in [5.41, 5.74) is 0. The molecule has 1 atom stereocenters. The molecule has 0 N–H and O–H groups in total. The van der Waals surface area contributed by atoms with E-state index in [2.05, 4.69) is 45.1 Å². The number of hydrogen-bond donors (Lipinski definition) is 0. The number of unbranched alkanes of at least 4 members (excludes halogenated alkanes) is 40. The quantitative estimate of drug-likeness (QED) is 0.0262. The Hall–Kier alpha value is -2.11. The Morgan fingerprint density at radius 2 is 0.537 bits per heavy atom. The molecule has 6 nitrogen and oxygen atoms in total. The van der Waals surface area contributed by atoms with Crippen LogP contribution >= 0.6 is 0 Å². The van der Waals surface area contributed by atoms with Crippen molar-refractivity contribution in [1.82, 2.24) is 0 Å². The molecule has 0 fully saturated rings. The maximum atomic E-state index is 12.8. The lowest BCUT2D eigenvalue weighted by Gasteiger charge is -2.18. The molecule has 0 aromatic heterocycles. The van der Waals surface area contributed by atoms with Crippen LogP contribution in [0.5, 0.6) is 0 Å². The van der Waals surface area contributed by atoms with Crippen LogP contribution in [0.3, 0.4) is 0 Å². The summed E-state index contributed by atoms with van der Waals surface area (Å²) < 4.78 is 16.9. The molecule has 1 unspecified atom stereocenters. The summed E-state index contributed by atoms with van der Waals surface area (Å²) in [7, 11) is 0. The Morgan fingerprint density at radius 3 is 0.836 bits per heavy atom. The van der Waals surface area contributed by atoms with Crippen LogP contribution in [-0.2, 0) is 28.6 Å². The maximum Gasteiger partial charge on any atom is 0.306 e. The summed E-state index contributed by atoms with van der Waals surface area (Å²) in [6.45, 7) is 6.66. The van der Waals surface area contributed by atoms with Gasteiger partial charge in [-0.2, -0.15) is 0 Å². The van der Waals surface area contributed by atoms with Crippen molar-refractivity contribution in [3.05, 3.63) is 24.3 Å². The van der Waals surface area contributed by atoms with Gasteiger partial charge in [-0.25, -0.2) is 0 Å². The molecule has 0 saturated heterocycles. The zero-order valence-electron chi connectivity index (χ0n) is 45.2. The highest BCUT2D eigenvalue weighted by Crippen LogP contribution is 2.17. The summed E-state index contributed by atoms with van der Waals surface area (Å²) in [6, 6.07) is 0. The average Bonchev–Trinajstić information content (AvgIpc) is 3.33. The lowest BCUT2D eigenvalue weighted by molar-refractivity contribution is -0.167. The molecule has 0 rings (SSSR count). The van der Waals surface area contributed by atoms with Gasteiger partial charge in [0.25, 0.3) is 0 Å². The number of carbonyl (C=O) groups excluding carboxylic acids is 3. The van der Waals surface area contributed by atoms with Crippen molar-refractivity contribution in [2.24, 2.45) is 0 Å². The van der Waals surface area contributed by atoms with Gasteiger partial charge in [0, 0.05) is 19.3 Å². The summed E-state index contributed by atoms with van der Waals surface area (Å²) in [5.74, 6) is -0.857. The molecule has 0 spiro atoms. The zero-order chi connectivity index (χ0) is 48.6. The summed E-state index contributed by atoms with van der Waals surface area (Å²) in [4.78, 5) is 38.1. The molecule has 0 aliphatic carbocycles. The minimum Gasteiger partial charge on any atom is -0.462 e. The fourth-order valence-corrected chi connectivity index (χ4v) is 8.95. The second kappa shape index (κ2) is 56.5. The van der Waals surface area contributed by atoms with Crippen LogP contribution in [0.4, 0.5) is 0 Å². The highest BCUT2D eigenvalue weighted by molar-refractivity contribution is 5.71. The predicted molar refractivity (Wildman–Crippen MR) is 289 cm³/mol. The van der Waals surface area contributed by atoms with Crippen LogP contribution in [0.15, 0.2) is 24.3 Å². The molecular weight excluding hydrogens is 829 g/mol. The van der Waals surface area contributed by atoms with E-state index < -0.39 is 6.10 Å². The fourth-order valence-electron chi connectivity index (χ4n) is 8.95. The van der Waals surface area contributed by atoms with Gasteiger partial charge in [0.05, 0.1) is 0 Å². The second-order valence-corrected chi connectivity index (χ2v) is 20.3. The van der Waals surface area contributed by atoms with E-state index in [1.165, 1.54) is 218 Å². The fraction of sp³-hybridized carbons (Fsp3) is 0.885. The first-order valence-electron chi connectivity index (χ1n) is 29.8. The third-order valence-corrected chi connectivity index (χ3v) is 13.5. The maximum absolute atomic E-state index is 12.8. The van der Waals surface area contributed by atoms with Gasteiger partial charge < -0.3 is 14.2 Å². The second-order valence-electron chi connectivity index (χ2n) is 20.3. The Labute approximate surface area is 417 Å². The Balaban J connectivity index is 4.24. The summed E-state index contributed by atoms with van der Waals surface area (Å²) in [5, 5.41) is 0. The van der Waals surface area contributed by atoms with Crippen molar-refractivity contribution < 1.29 is 28.6 Å². The van der Waals surface area contributed by atoms with E-state index in [4.69, 9.17) is 14.2 Å². The number of esters is 3. The lowest BCUT2D eigenvalue weighted by Crippen LogP contribution is -2.30. The van der Waals surface area contributed by atoms with Crippen LogP contribution in [0.2, 0.25) is 0 Å². The van der Waals surface area contributed by atoms with Crippen molar-refractivity contribution in [2.45, 2.75) is 335 Å². The smallest absolute Gasteiger partial charge is 0.306 e. The molecule has 0 heterocycles. The number of ether oxygens (including phenoxy) is 3. The summed E-state index contributed by atoms with van der Waals surface area (Å²) in [6.07, 6.45) is 66.1. The van der Waals surface area contributed by atoms with Crippen LogP contribution in [0.1, 0.15) is 329 Å². The third-order valence-electron chi connectivity index (χ3n) is 13.5. The molecule has 67 heavy (non-hydrogen) atoms. The van der Waals surface area contributed by atoms with Crippen LogP contribution in [0.25, 0.3) is 0 Å². The van der Waals surface area contributed by atoms with Crippen molar-refractivity contribution in [3.63, 3.8) is 0 Å². The van der Waals surface area contributed by atoms with Crippen LogP contribution in [-0.4, -0.2) is 37.2 Å². The molecule has 394 valence electrons. The van der Waals surface area contributed by atoms with Gasteiger partial charge in [0.15, 0.2) is 6.10 Å². The van der Waals surface area contributed by atoms with Crippen molar-refractivity contribution in [3.8, 4) is 0 Å². The number of carbonyl (C=O) groups is 3. The molecular formula is C61H114O6.